The van der Waals surface area contributed by atoms with Crippen LogP contribution < -0.4 is 5.56 Å². The maximum Gasteiger partial charge on any atom is 0.263 e. The lowest BCUT2D eigenvalue weighted by atomic mass is 9.93. The fraction of sp³-hybridized carbons (Fsp3) is 0.0364. The van der Waals surface area contributed by atoms with E-state index in [0.717, 1.165) is 73.1 Å². The molecule has 10 aromatic rings. The van der Waals surface area contributed by atoms with Crippen molar-refractivity contribution < 1.29 is 0 Å². The molecule has 0 amide bonds. The number of hydrogen-bond donors (Lipinski definition) is 0. The monoisotopic (exact) mass is 727 g/mol. The quantitative estimate of drug-likeness (QED) is 0.156. The molecule has 0 saturated heterocycles. The van der Waals surface area contributed by atoms with Gasteiger partial charge in [0.05, 0.1) is 11.0 Å². The Morgan fingerprint density at radius 1 is 0.351 bits per heavy atom. The van der Waals surface area contributed by atoms with Crippen LogP contribution in [0.3, 0.4) is 0 Å². The summed E-state index contributed by atoms with van der Waals surface area (Å²) < 4.78 is 1.94. The summed E-state index contributed by atoms with van der Waals surface area (Å²) in [6, 6.07) is 65.0. The molecule has 0 fully saturated rings. The van der Waals surface area contributed by atoms with Crippen molar-refractivity contribution in [3.63, 3.8) is 0 Å². The number of nitrogens with zero attached hydrogens (tertiary/aromatic N) is 1. The van der Waals surface area contributed by atoms with E-state index < -0.39 is 0 Å². The largest absolute Gasteiger partial charge is 0.275 e. The van der Waals surface area contributed by atoms with E-state index >= 15 is 0 Å². The van der Waals surface area contributed by atoms with Crippen molar-refractivity contribution in [3.05, 3.63) is 216 Å². The molecule has 1 aliphatic carbocycles. The van der Waals surface area contributed by atoms with E-state index in [9.17, 15) is 4.79 Å². The van der Waals surface area contributed by atoms with Gasteiger partial charge >= 0.3 is 0 Å². The first-order chi connectivity index (χ1) is 28.2. The lowest BCUT2D eigenvalue weighted by molar-refractivity contribution is 1.04. The van der Waals surface area contributed by atoms with Crippen molar-refractivity contribution in [2.45, 2.75) is 12.8 Å². The third-order valence-corrected chi connectivity index (χ3v) is 11.7. The third kappa shape index (κ3) is 5.69. The first-order valence-corrected chi connectivity index (χ1v) is 19.8. The van der Waals surface area contributed by atoms with Crippen LogP contribution in [-0.4, -0.2) is 4.40 Å². The first kappa shape index (κ1) is 33.1. The summed E-state index contributed by atoms with van der Waals surface area (Å²) in [5.74, 6) is 0. The Morgan fingerprint density at radius 2 is 0.825 bits per heavy atom. The van der Waals surface area contributed by atoms with Crippen molar-refractivity contribution in [1.29, 1.82) is 0 Å². The van der Waals surface area contributed by atoms with Crippen molar-refractivity contribution in [2.75, 3.05) is 0 Å². The second-order valence-electron chi connectivity index (χ2n) is 15.2. The second-order valence-corrected chi connectivity index (χ2v) is 15.2. The van der Waals surface area contributed by atoms with Crippen LogP contribution in [0.25, 0.3) is 99.2 Å². The molecule has 0 radical (unpaired) electrons. The van der Waals surface area contributed by atoms with E-state index in [1.807, 2.05) is 22.6 Å². The summed E-state index contributed by atoms with van der Waals surface area (Å²) in [6.45, 7) is 0. The van der Waals surface area contributed by atoms with Gasteiger partial charge in [0.2, 0.25) is 0 Å². The predicted octanol–water partition coefficient (Wildman–Crippen LogP) is 14.3. The van der Waals surface area contributed by atoms with Gasteiger partial charge in [0.1, 0.15) is 0 Å². The number of aromatic nitrogens is 1. The summed E-state index contributed by atoms with van der Waals surface area (Å²) in [4.78, 5) is 14.3. The standard InChI is InChI=1S/C55H37NO/c57-55-49-26-8-7-25-48(49)51-34-47(45-24-12-22-43(32-45)41-20-10-18-39(30-41)37-15-5-2-6-16-37)35-52-50-33-46(27-28-53(50)56(55)54(51)52)44-23-11-21-42(31-44)40-19-9-17-38(29-40)36-13-3-1-4-14-36/h1,3-5,7-35H,2,6H2. The van der Waals surface area contributed by atoms with Gasteiger partial charge in [-0.05, 0) is 140 Å². The van der Waals surface area contributed by atoms with Crippen LogP contribution in [0.5, 0.6) is 0 Å². The smallest absolute Gasteiger partial charge is 0.263 e. The topological polar surface area (TPSA) is 21.5 Å². The van der Waals surface area contributed by atoms with Gasteiger partial charge in [-0.25, -0.2) is 0 Å². The van der Waals surface area contributed by atoms with E-state index in [4.69, 9.17) is 0 Å². The van der Waals surface area contributed by atoms with E-state index in [-0.39, 0.29) is 5.56 Å². The summed E-state index contributed by atoms with van der Waals surface area (Å²) in [6.07, 6.45) is 9.03. The zero-order valence-electron chi connectivity index (χ0n) is 31.3. The Kier molecular flexibility index (Phi) is 7.82. The van der Waals surface area contributed by atoms with Crippen LogP contribution >= 0.6 is 0 Å². The number of pyridine rings is 1. The minimum atomic E-state index is 0.0173. The summed E-state index contributed by atoms with van der Waals surface area (Å²) in [5, 5.41) is 4.94. The van der Waals surface area contributed by atoms with Crippen LogP contribution in [0.1, 0.15) is 18.4 Å². The summed E-state index contributed by atoms with van der Waals surface area (Å²) >= 11 is 0. The van der Waals surface area contributed by atoms with Gasteiger partial charge in [-0.3, -0.25) is 9.20 Å². The van der Waals surface area contributed by atoms with Crippen molar-refractivity contribution in [3.8, 4) is 55.6 Å². The van der Waals surface area contributed by atoms with Crippen molar-refractivity contribution >= 4 is 43.5 Å². The second kappa shape index (κ2) is 13.5. The lowest BCUT2D eigenvalue weighted by Gasteiger charge is -2.12. The zero-order chi connectivity index (χ0) is 37.9. The van der Waals surface area contributed by atoms with Gasteiger partial charge in [0.15, 0.2) is 0 Å². The highest BCUT2D eigenvalue weighted by Gasteiger charge is 2.20. The third-order valence-electron chi connectivity index (χ3n) is 11.7. The zero-order valence-corrected chi connectivity index (χ0v) is 31.3. The molecule has 268 valence electrons. The molecule has 0 unspecified atom stereocenters. The number of hydrogen-bond acceptors (Lipinski definition) is 1. The molecule has 0 N–H and O–H groups in total. The van der Waals surface area contributed by atoms with Crippen LogP contribution in [0, 0.1) is 0 Å². The Balaban J connectivity index is 1.07. The summed E-state index contributed by atoms with van der Waals surface area (Å²) in [7, 11) is 0. The van der Waals surface area contributed by atoms with Crippen LogP contribution in [-0.2, 0) is 0 Å². The van der Waals surface area contributed by atoms with Gasteiger partial charge in [-0.15, -0.1) is 0 Å². The predicted molar refractivity (Wildman–Crippen MR) is 241 cm³/mol. The average Bonchev–Trinajstić information content (AvgIpc) is 3.63. The molecule has 1 aliphatic rings. The maximum atomic E-state index is 14.3. The van der Waals surface area contributed by atoms with Crippen molar-refractivity contribution in [1.82, 2.24) is 4.40 Å². The molecule has 0 atom stereocenters. The molecule has 2 nitrogen and oxygen atoms in total. The van der Waals surface area contributed by atoms with Gasteiger partial charge in [-0.1, -0.05) is 146 Å². The first-order valence-electron chi connectivity index (χ1n) is 19.8. The van der Waals surface area contributed by atoms with E-state index in [2.05, 4.69) is 182 Å². The normalized spacial score (nSPS) is 12.9. The van der Waals surface area contributed by atoms with Crippen LogP contribution in [0.15, 0.2) is 205 Å². The van der Waals surface area contributed by atoms with E-state index in [1.165, 1.54) is 44.5 Å². The highest BCUT2D eigenvalue weighted by atomic mass is 16.1. The number of rotatable bonds is 6. The fourth-order valence-electron chi connectivity index (χ4n) is 8.91. The minimum absolute atomic E-state index is 0.0173. The molecule has 8 aromatic carbocycles. The van der Waals surface area contributed by atoms with Crippen LogP contribution in [0.2, 0.25) is 0 Å². The molecular formula is C55H37NO. The summed E-state index contributed by atoms with van der Waals surface area (Å²) in [5.41, 5.74) is 16.1. The highest BCUT2D eigenvalue weighted by Crippen LogP contribution is 2.40. The molecule has 11 rings (SSSR count). The number of allylic oxidation sites excluding steroid dienone is 4. The van der Waals surface area contributed by atoms with Gasteiger partial charge in [0.25, 0.3) is 5.56 Å². The fourth-order valence-corrected chi connectivity index (χ4v) is 8.91. The van der Waals surface area contributed by atoms with E-state index in [0.29, 0.717) is 0 Å². The van der Waals surface area contributed by atoms with Gasteiger partial charge in [-0.2, -0.15) is 0 Å². The molecule has 2 aromatic heterocycles. The number of benzene rings is 8. The van der Waals surface area contributed by atoms with E-state index in [1.54, 1.807) is 0 Å². The molecule has 57 heavy (non-hydrogen) atoms. The molecule has 2 heteroatoms. The molecular weight excluding hydrogens is 691 g/mol. The Morgan fingerprint density at radius 3 is 1.44 bits per heavy atom. The minimum Gasteiger partial charge on any atom is -0.275 e. The van der Waals surface area contributed by atoms with Crippen LogP contribution in [0.4, 0.5) is 0 Å². The van der Waals surface area contributed by atoms with Gasteiger partial charge < -0.3 is 0 Å². The Hall–Kier alpha value is -7.29. The number of fused-ring (bicyclic) bond motifs is 5. The lowest BCUT2D eigenvalue weighted by Crippen LogP contribution is -2.12. The SMILES string of the molecule is O=c1c2ccccc2c2cc(-c3cccc(-c4cccc(C5=CCCC=C5)c4)c3)cc3c4cc(-c5cccc(-c6cccc(-c7ccccc7)c6)c5)ccc4n1c23. The average molecular weight is 728 g/mol. The highest BCUT2D eigenvalue weighted by molar-refractivity contribution is 6.22. The van der Waals surface area contributed by atoms with Gasteiger partial charge in [0, 0.05) is 21.5 Å². The maximum absolute atomic E-state index is 14.3. The Bertz CT molecular complexity index is 3310. The Labute approximate surface area is 331 Å². The molecule has 0 aliphatic heterocycles. The molecule has 2 heterocycles. The molecule has 0 spiro atoms. The van der Waals surface area contributed by atoms with Crippen molar-refractivity contribution in [2.24, 2.45) is 0 Å². The molecule has 0 bridgehead atoms. The molecule has 0 saturated carbocycles.